The van der Waals surface area contributed by atoms with Gasteiger partial charge in [0, 0.05) is 19.0 Å². The Morgan fingerprint density at radius 3 is 2.91 bits per heavy atom. The minimum Gasteiger partial charge on any atom is -0.486 e. The van der Waals surface area contributed by atoms with E-state index in [1.54, 1.807) is 29.3 Å². The molecule has 2 aliphatic rings. The van der Waals surface area contributed by atoms with Gasteiger partial charge in [-0.3, -0.25) is 9.69 Å². The summed E-state index contributed by atoms with van der Waals surface area (Å²) >= 11 is 0. The van der Waals surface area contributed by atoms with Gasteiger partial charge in [0.25, 0.3) is 0 Å². The molecule has 0 aliphatic carbocycles. The number of carbonyl (C=O) groups is 2. The van der Waals surface area contributed by atoms with E-state index in [0.29, 0.717) is 66.8 Å². The molecule has 34 heavy (non-hydrogen) atoms. The first-order valence-electron chi connectivity index (χ1n) is 11.0. The smallest absolute Gasteiger partial charge is 0.414 e. The lowest BCUT2D eigenvalue weighted by Crippen LogP contribution is -2.30. The van der Waals surface area contributed by atoms with Crippen LogP contribution in [0, 0.1) is 0 Å². The van der Waals surface area contributed by atoms with Gasteiger partial charge in [-0.15, -0.1) is 0 Å². The molecule has 5 rings (SSSR count). The number of fused-ring (bicyclic) bond motifs is 2. The van der Waals surface area contributed by atoms with Gasteiger partial charge in [0.15, 0.2) is 11.5 Å². The Bertz CT molecular complexity index is 1230. The van der Waals surface area contributed by atoms with Crippen molar-refractivity contribution >= 4 is 28.7 Å². The molecule has 1 saturated heterocycles. The number of anilines is 1. The van der Waals surface area contributed by atoms with E-state index in [1.165, 1.54) is 7.11 Å². The first kappa shape index (κ1) is 21.7. The Kier molecular flexibility index (Phi) is 6.03. The molecule has 2 amide bonds. The van der Waals surface area contributed by atoms with Gasteiger partial charge >= 0.3 is 6.09 Å². The molecule has 1 N–H and O–H groups in total. The molecule has 176 valence electrons. The lowest BCUT2D eigenvalue weighted by molar-refractivity contribution is -0.120. The lowest BCUT2D eigenvalue weighted by Gasteiger charge is -2.21. The molecule has 1 aromatic heterocycles. The van der Waals surface area contributed by atoms with Crippen LogP contribution in [0.5, 0.6) is 17.4 Å². The highest BCUT2D eigenvalue weighted by molar-refractivity contribution is 5.90. The first-order valence-corrected chi connectivity index (χ1v) is 11.0. The topological polar surface area (TPSA) is 112 Å². The van der Waals surface area contributed by atoms with Gasteiger partial charge in [-0.1, -0.05) is 12.1 Å². The molecule has 3 aromatic rings. The summed E-state index contributed by atoms with van der Waals surface area (Å²) in [5.74, 6) is 1.52. The Labute approximate surface area is 195 Å². The fourth-order valence-electron chi connectivity index (χ4n) is 4.01. The second-order valence-corrected chi connectivity index (χ2v) is 7.96. The second kappa shape index (κ2) is 9.42. The number of amides is 2. The SMILES string of the molecule is COc1cnc2cccc(CC(=O)NCC[C@@H]3CN(c4ccc5c(c4)OCCO5)C(=O)O3)c2n1. The molecule has 3 heterocycles. The molecule has 0 unspecified atom stereocenters. The zero-order valence-electron chi connectivity index (χ0n) is 18.7. The van der Waals surface area contributed by atoms with Gasteiger partial charge < -0.3 is 24.3 Å². The minimum absolute atomic E-state index is 0.148. The summed E-state index contributed by atoms with van der Waals surface area (Å²) in [6, 6.07) is 10.9. The molecule has 0 bridgehead atoms. The fraction of sp³-hybridized carbons (Fsp3) is 0.333. The number of benzene rings is 2. The molecule has 2 aliphatic heterocycles. The van der Waals surface area contributed by atoms with Crippen LogP contribution in [0.1, 0.15) is 12.0 Å². The summed E-state index contributed by atoms with van der Waals surface area (Å²) in [6.45, 7) is 1.76. The number of methoxy groups -OCH3 is 1. The van der Waals surface area contributed by atoms with Gasteiger partial charge in [0.2, 0.25) is 11.8 Å². The number of cyclic esters (lactones) is 1. The molecule has 10 heteroatoms. The van der Waals surface area contributed by atoms with Crippen molar-refractivity contribution in [3.8, 4) is 17.4 Å². The normalized spacial score (nSPS) is 16.9. The number of para-hydroxylation sites is 1. The Morgan fingerprint density at radius 1 is 1.21 bits per heavy atom. The van der Waals surface area contributed by atoms with Gasteiger partial charge in [0.1, 0.15) is 19.3 Å². The summed E-state index contributed by atoms with van der Waals surface area (Å²) in [6.07, 6.45) is 1.46. The van der Waals surface area contributed by atoms with Crippen molar-refractivity contribution in [2.45, 2.75) is 18.9 Å². The standard InChI is InChI=1S/C24H24N4O6/c1-31-22-13-26-18-4-2-3-15(23(18)27-22)11-21(29)25-8-7-17-14-28(24(30)34-17)16-5-6-19-20(12-16)33-10-9-32-19/h2-6,12-13,17H,7-11,14H2,1H3,(H,25,29)/t17-/m1/s1. The largest absolute Gasteiger partial charge is 0.486 e. The molecule has 2 aromatic carbocycles. The summed E-state index contributed by atoms with van der Waals surface area (Å²) in [7, 11) is 1.52. The van der Waals surface area contributed by atoms with Crippen LogP contribution in [-0.4, -0.2) is 61.5 Å². The van der Waals surface area contributed by atoms with Crippen molar-refractivity contribution in [2.24, 2.45) is 0 Å². The highest BCUT2D eigenvalue weighted by Crippen LogP contribution is 2.35. The van der Waals surface area contributed by atoms with Crippen LogP contribution < -0.4 is 24.4 Å². The average Bonchev–Trinajstić information content (AvgIpc) is 3.23. The van der Waals surface area contributed by atoms with E-state index in [0.717, 1.165) is 5.56 Å². The zero-order valence-corrected chi connectivity index (χ0v) is 18.7. The number of hydrogen-bond donors (Lipinski definition) is 1. The van der Waals surface area contributed by atoms with E-state index in [-0.39, 0.29) is 18.4 Å². The maximum absolute atomic E-state index is 12.5. The van der Waals surface area contributed by atoms with Crippen molar-refractivity contribution in [3.05, 3.63) is 48.2 Å². The summed E-state index contributed by atoms with van der Waals surface area (Å²) in [5, 5.41) is 2.90. The van der Waals surface area contributed by atoms with Crippen LogP contribution in [0.4, 0.5) is 10.5 Å². The maximum atomic E-state index is 12.5. The van der Waals surface area contributed by atoms with Crippen molar-refractivity contribution in [2.75, 3.05) is 38.3 Å². The van der Waals surface area contributed by atoms with Crippen molar-refractivity contribution < 1.29 is 28.5 Å². The van der Waals surface area contributed by atoms with E-state index in [9.17, 15) is 9.59 Å². The number of carbonyl (C=O) groups excluding carboxylic acids is 2. The summed E-state index contributed by atoms with van der Waals surface area (Å²) in [4.78, 5) is 35.2. The zero-order chi connectivity index (χ0) is 23.5. The van der Waals surface area contributed by atoms with Gasteiger partial charge in [-0.2, -0.15) is 0 Å². The van der Waals surface area contributed by atoms with E-state index < -0.39 is 6.09 Å². The molecule has 0 spiro atoms. The molecule has 10 nitrogen and oxygen atoms in total. The number of rotatable bonds is 7. The Balaban J connectivity index is 1.15. The maximum Gasteiger partial charge on any atom is 0.414 e. The highest BCUT2D eigenvalue weighted by atomic mass is 16.6. The van der Waals surface area contributed by atoms with Crippen molar-refractivity contribution in [3.63, 3.8) is 0 Å². The molecule has 0 saturated carbocycles. The van der Waals surface area contributed by atoms with E-state index in [2.05, 4.69) is 15.3 Å². The number of aromatic nitrogens is 2. The Hall–Kier alpha value is -4.08. The van der Waals surface area contributed by atoms with Crippen LogP contribution in [0.15, 0.2) is 42.6 Å². The van der Waals surface area contributed by atoms with E-state index in [4.69, 9.17) is 18.9 Å². The van der Waals surface area contributed by atoms with Gasteiger partial charge in [0.05, 0.1) is 43.0 Å². The predicted molar refractivity (Wildman–Crippen MR) is 122 cm³/mol. The molecular weight excluding hydrogens is 440 g/mol. The van der Waals surface area contributed by atoms with Crippen molar-refractivity contribution in [1.29, 1.82) is 0 Å². The molecule has 1 fully saturated rings. The first-order chi connectivity index (χ1) is 16.6. The van der Waals surface area contributed by atoms with Crippen LogP contribution in [-0.2, 0) is 16.0 Å². The van der Waals surface area contributed by atoms with Gasteiger partial charge in [-0.05, 0) is 23.8 Å². The van der Waals surface area contributed by atoms with Crippen LogP contribution in [0.25, 0.3) is 11.0 Å². The van der Waals surface area contributed by atoms with Crippen LogP contribution >= 0.6 is 0 Å². The third-order valence-corrected chi connectivity index (χ3v) is 5.69. The summed E-state index contributed by atoms with van der Waals surface area (Å²) < 4.78 is 21.8. The third-order valence-electron chi connectivity index (χ3n) is 5.69. The number of nitrogens with one attached hydrogen (secondary N) is 1. The average molecular weight is 464 g/mol. The summed E-state index contributed by atoms with van der Waals surface area (Å²) in [5.41, 5.74) is 2.78. The second-order valence-electron chi connectivity index (χ2n) is 7.96. The van der Waals surface area contributed by atoms with Crippen LogP contribution in [0.3, 0.4) is 0 Å². The fourth-order valence-corrected chi connectivity index (χ4v) is 4.01. The molecule has 1 atom stereocenters. The quantitative estimate of drug-likeness (QED) is 0.568. The van der Waals surface area contributed by atoms with E-state index >= 15 is 0 Å². The van der Waals surface area contributed by atoms with Crippen LogP contribution in [0.2, 0.25) is 0 Å². The highest BCUT2D eigenvalue weighted by Gasteiger charge is 2.32. The molecule has 0 radical (unpaired) electrons. The van der Waals surface area contributed by atoms with E-state index in [1.807, 2.05) is 18.2 Å². The molecular formula is C24H24N4O6. The number of nitrogens with zero attached hydrogens (tertiary/aromatic N) is 3. The number of ether oxygens (including phenoxy) is 4. The lowest BCUT2D eigenvalue weighted by atomic mass is 10.1. The minimum atomic E-state index is -0.420. The Morgan fingerprint density at radius 2 is 2.06 bits per heavy atom. The third kappa shape index (κ3) is 4.52. The van der Waals surface area contributed by atoms with Crippen molar-refractivity contribution in [1.82, 2.24) is 15.3 Å². The number of hydrogen-bond acceptors (Lipinski definition) is 8. The monoisotopic (exact) mass is 464 g/mol. The van der Waals surface area contributed by atoms with Gasteiger partial charge in [-0.25, -0.2) is 14.8 Å². The predicted octanol–water partition coefficient (Wildman–Crippen LogP) is 2.48.